The van der Waals surface area contributed by atoms with Gasteiger partial charge in [0.15, 0.2) is 0 Å². The van der Waals surface area contributed by atoms with Gasteiger partial charge in [-0.05, 0) is 43.7 Å². The molecule has 3 rings (SSSR count). The predicted octanol–water partition coefficient (Wildman–Crippen LogP) is 4.87. The number of imidazole rings is 1. The molecule has 0 saturated heterocycles. The Kier molecular flexibility index (Phi) is 4.20. The van der Waals surface area contributed by atoms with Crippen LogP contribution in [0.4, 0.5) is 0 Å². The molecule has 23 heavy (non-hydrogen) atoms. The summed E-state index contributed by atoms with van der Waals surface area (Å²) in [5, 5.41) is 0. The van der Waals surface area contributed by atoms with E-state index in [1.165, 1.54) is 5.56 Å². The van der Waals surface area contributed by atoms with Crippen molar-refractivity contribution in [3.63, 3.8) is 0 Å². The summed E-state index contributed by atoms with van der Waals surface area (Å²) in [7, 11) is 0. The highest BCUT2D eigenvalue weighted by Crippen LogP contribution is 2.26. The van der Waals surface area contributed by atoms with Crippen LogP contribution in [0.5, 0.6) is 0 Å². The maximum absolute atomic E-state index is 4.80. The SMILES string of the molecule is C=C/C(=C\C=C/C)c1nc2ccc(C)cc2n1-c1ccccn1. The van der Waals surface area contributed by atoms with Gasteiger partial charge in [-0.1, -0.05) is 43.0 Å². The lowest BCUT2D eigenvalue weighted by atomic mass is 10.2. The number of rotatable bonds is 4. The fraction of sp³-hybridized carbons (Fsp3) is 0.100. The summed E-state index contributed by atoms with van der Waals surface area (Å²) in [5.41, 5.74) is 4.15. The topological polar surface area (TPSA) is 30.7 Å². The van der Waals surface area contributed by atoms with E-state index in [1.807, 2.05) is 55.5 Å². The molecule has 0 spiro atoms. The van der Waals surface area contributed by atoms with Crippen LogP contribution in [-0.2, 0) is 0 Å². The maximum Gasteiger partial charge on any atom is 0.146 e. The van der Waals surface area contributed by atoms with Crippen molar-refractivity contribution in [3.05, 3.63) is 84.9 Å². The molecule has 0 unspecified atom stereocenters. The van der Waals surface area contributed by atoms with Gasteiger partial charge >= 0.3 is 0 Å². The van der Waals surface area contributed by atoms with Crippen LogP contribution >= 0.6 is 0 Å². The summed E-state index contributed by atoms with van der Waals surface area (Å²) in [4.78, 5) is 9.31. The minimum absolute atomic E-state index is 0.845. The Morgan fingerprint density at radius 3 is 2.78 bits per heavy atom. The zero-order valence-corrected chi connectivity index (χ0v) is 13.4. The Morgan fingerprint density at radius 2 is 2.09 bits per heavy atom. The van der Waals surface area contributed by atoms with Crippen LogP contribution in [-0.4, -0.2) is 14.5 Å². The van der Waals surface area contributed by atoms with Crippen LogP contribution in [0.1, 0.15) is 18.3 Å². The van der Waals surface area contributed by atoms with Crippen LogP contribution in [0.3, 0.4) is 0 Å². The average Bonchev–Trinajstić information content (AvgIpc) is 2.95. The Labute approximate surface area is 136 Å². The summed E-state index contributed by atoms with van der Waals surface area (Å²) in [6.07, 6.45) is 9.61. The van der Waals surface area contributed by atoms with Gasteiger partial charge in [-0.3, -0.25) is 4.57 Å². The molecule has 0 aliphatic heterocycles. The molecule has 0 N–H and O–H groups in total. The second-order valence-electron chi connectivity index (χ2n) is 5.30. The molecule has 2 aromatic heterocycles. The minimum atomic E-state index is 0.845. The molecule has 0 radical (unpaired) electrons. The summed E-state index contributed by atoms with van der Waals surface area (Å²) >= 11 is 0. The van der Waals surface area contributed by atoms with Gasteiger partial charge in [-0.25, -0.2) is 9.97 Å². The van der Waals surface area contributed by atoms with Gasteiger partial charge in [-0.15, -0.1) is 0 Å². The van der Waals surface area contributed by atoms with Crippen molar-refractivity contribution >= 4 is 16.6 Å². The highest BCUT2D eigenvalue weighted by molar-refractivity contribution is 5.84. The first-order chi connectivity index (χ1) is 11.2. The molecule has 0 amide bonds. The molecule has 2 heterocycles. The standard InChI is InChI=1S/C20H19N3/c1-4-6-9-16(5-2)20-22-17-12-11-15(3)14-18(17)23(20)19-10-7-8-13-21-19/h4-14H,2H2,1,3H3/b6-4-,16-9+. The van der Waals surface area contributed by atoms with E-state index in [0.717, 1.165) is 28.2 Å². The number of aryl methyl sites for hydroxylation is 1. The second kappa shape index (κ2) is 6.44. The van der Waals surface area contributed by atoms with E-state index in [0.29, 0.717) is 0 Å². The smallest absolute Gasteiger partial charge is 0.146 e. The van der Waals surface area contributed by atoms with Crippen molar-refractivity contribution < 1.29 is 0 Å². The fourth-order valence-corrected chi connectivity index (χ4v) is 2.53. The number of nitrogens with zero attached hydrogens (tertiary/aromatic N) is 3. The van der Waals surface area contributed by atoms with Crippen molar-refractivity contribution in [2.45, 2.75) is 13.8 Å². The Hall–Kier alpha value is -2.94. The van der Waals surface area contributed by atoms with Crippen LogP contribution < -0.4 is 0 Å². The van der Waals surface area contributed by atoms with Crippen LogP contribution in [0.2, 0.25) is 0 Å². The number of hydrogen-bond acceptors (Lipinski definition) is 2. The fourth-order valence-electron chi connectivity index (χ4n) is 2.53. The molecule has 3 aromatic rings. The number of benzene rings is 1. The average molecular weight is 301 g/mol. The van der Waals surface area contributed by atoms with Crippen LogP contribution in [0.25, 0.3) is 22.4 Å². The lowest BCUT2D eigenvalue weighted by Gasteiger charge is -2.09. The minimum Gasteiger partial charge on any atom is -0.276 e. The molecule has 0 atom stereocenters. The molecule has 0 aliphatic rings. The van der Waals surface area contributed by atoms with Gasteiger partial charge in [0.05, 0.1) is 11.0 Å². The molecule has 114 valence electrons. The molecular weight excluding hydrogens is 282 g/mol. The van der Waals surface area contributed by atoms with Gasteiger partial charge in [0.1, 0.15) is 11.6 Å². The van der Waals surface area contributed by atoms with Gasteiger partial charge < -0.3 is 0 Å². The number of allylic oxidation sites excluding steroid dienone is 5. The monoisotopic (exact) mass is 301 g/mol. The Bertz CT molecular complexity index is 899. The maximum atomic E-state index is 4.80. The van der Waals surface area contributed by atoms with Gasteiger partial charge in [-0.2, -0.15) is 0 Å². The van der Waals surface area contributed by atoms with Crippen LogP contribution in [0.15, 0.2) is 73.5 Å². The first-order valence-corrected chi connectivity index (χ1v) is 7.61. The van der Waals surface area contributed by atoms with Crippen molar-refractivity contribution in [1.82, 2.24) is 14.5 Å². The molecule has 0 fully saturated rings. The van der Waals surface area contributed by atoms with E-state index < -0.39 is 0 Å². The summed E-state index contributed by atoms with van der Waals surface area (Å²) in [5.74, 6) is 1.70. The third kappa shape index (κ3) is 2.86. The van der Waals surface area contributed by atoms with Crippen molar-refractivity contribution in [2.75, 3.05) is 0 Å². The number of fused-ring (bicyclic) bond motifs is 1. The number of pyridine rings is 1. The van der Waals surface area contributed by atoms with E-state index in [4.69, 9.17) is 4.98 Å². The summed E-state index contributed by atoms with van der Waals surface area (Å²) in [6.45, 7) is 8.01. The highest BCUT2D eigenvalue weighted by Gasteiger charge is 2.15. The van der Waals surface area contributed by atoms with E-state index in [2.05, 4.69) is 35.2 Å². The molecule has 3 nitrogen and oxygen atoms in total. The molecule has 0 saturated carbocycles. The summed E-state index contributed by atoms with van der Waals surface area (Å²) in [6, 6.07) is 12.1. The van der Waals surface area contributed by atoms with E-state index in [9.17, 15) is 0 Å². The quantitative estimate of drug-likeness (QED) is 0.643. The van der Waals surface area contributed by atoms with Crippen molar-refractivity contribution in [2.24, 2.45) is 0 Å². The third-order valence-electron chi connectivity index (χ3n) is 3.63. The molecule has 0 bridgehead atoms. The van der Waals surface area contributed by atoms with Gasteiger partial charge in [0.25, 0.3) is 0 Å². The number of hydrogen-bond donors (Lipinski definition) is 0. The predicted molar refractivity (Wildman–Crippen MR) is 96.6 cm³/mol. The van der Waals surface area contributed by atoms with Crippen molar-refractivity contribution in [1.29, 1.82) is 0 Å². The van der Waals surface area contributed by atoms with Gasteiger partial charge in [0.2, 0.25) is 0 Å². The first-order valence-electron chi connectivity index (χ1n) is 7.61. The van der Waals surface area contributed by atoms with E-state index in [1.54, 1.807) is 6.20 Å². The van der Waals surface area contributed by atoms with Gasteiger partial charge in [0, 0.05) is 11.8 Å². The lowest BCUT2D eigenvalue weighted by molar-refractivity contribution is 0.997. The largest absolute Gasteiger partial charge is 0.276 e. The third-order valence-corrected chi connectivity index (χ3v) is 3.63. The Balaban J connectivity index is 2.35. The Morgan fingerprint density at radius 1 is 1.22 bits per heavy atom. The second-order valence-corrected chi connectivity index (χ2v) is 5.30. The molecular formula is C20H19N3. The van der Waals surface area contributed by atoms with E-state index in [-0.39, 0.29) is 0 Å². The highest BCUT2D eigenvalue weighted by atomic mass is 15.1. The zero-order chi connectivity index (χ0) is 16.2. The molecule has 3 heteroatoms. The first kappa shape index (κ1) is 15.0. The summed E-state index contributed by atoms with van der Waals surface area (Å²) < 4.78 is 2.08. The molecule has 0 aliphatic carbocycles. The number of aromatic nitrogens is 3. The van der Waals surface area contributed by atoms with E-state index >= 15 is 0 Å². The zero-order valence-electron chi connectivity index (χ0n) is 13.4. The van der Waals surface area contributed by atoms with Crippen molar-refractivity contribution in [3.8, 4) is 5.82 Å². The molecule has 1 aromatic carbocycles. The lowest BCUT2D eigenvalue weighted by Crippen LogP contribution is -2.02. The van der Waals surface area contributed by atoms with Crippen LogP contribution in [0, 0.1) is 6.92 Å². The normalized spacial score (nSPS) is 12.2.